The van der Waals surface area contributed by atoms with Gasteiger partial charge in [-0.15, -0.1) is 0 Å². The van der Waals surface area contributed by atoms with E-state index in [0.29, 0.717) is 47.7 Å². The van der Waals surface area contributed by atoms with Crippen LogP contribution in [0, 0.1) is 10.8 Å². The summed E-state index contributed by atoms with van der Waals surface area (Å²) in [6.45, 7) is 9.77. The van der Waals surface area contributed by atoms with Gasteiger partial charge in [0.1, 0.15) is 5.75 Å². The van der Waals surface area contributed by atoms with E-state index in [1.54, 1.807) is 25.3 Å². The predicted octanol–water partition coefficient (Wildman–Crippen LogP) is 5.77. The molecule has 0 amide bonds. The number of phenolic OH excluding ortho intramolecular Hbond substituents is 1. The molecule has 0 fully saturated rings. The Balaban J connectivity index is 1.98. The van der Waals surface area contributed by atoms with Gasteiger partial charge in [0.25, 0.3) is 0 Å². The molecule has 0 atom stereocenters. The minimum atomic E-state index is -0.584. The number of rotatable bonds is 5. The fourth-order valence-corrected chi connectivity index (χ4v) is 5.93. The number of halogens is 1. The molecule has 33 heavy (non-hydrogen) atoms. The van der Waals surface area contributed by atoms with Gasteiger partial charge in [-0.2, -0.15) is 0 Å². The molecule has 3 aliphatic rings. The first-order valence-electron chi connectivity index (χ1n) is 11.7. The zero-order chi connectivity index (χ0) is 24.1. The SMILES string of the molecule is COCCCN1C2=C(C(=O)CC(C)(C)C2)C(c2cc(Cl)ccc2O)C2=C1CC(C)(C)CC2=O. The van der Waals surface area contributed by atoms with Gasteiger partial charge in [-0.05, 0) is 48.3 Å². The van der Waals surface area contributed by atoms with Crippen molar-refractivity contribution in [2.24, 2.45) is 10.8 Å². The first-order chi connectivity index (χ1) is 15.4. The van der Waals surface area contributed by atoms with Gasteiger partial charge in [0, 0.05) is 72.1 Å². The third kappa shape index (κ3) is 4.50. The average Bonchev–Trinajstić information content (AvgIpc) is 2.68. The number of nitrogens with zero attached hydrogens (tertiary/aromatic N) is 1. The summed E-state index contributed by atoms with van der Waals surface area (Å²) in [5, 5.41) is 11.3. The summed E-state index contributed by atoms with van der Waals surface area (Å²) >= 11 is 6.33. The third-order valence-corrected chi connectivity index (χ3v) is 7.29. The van der Waals surface area contributed by atoms with Crippen LogP contribution in [0.3, 0.4) is 0 Å². The van der Waals surface area contributed by atoms with E-state index >= 15 is 0 Å². The number of phenols is 1. The molecule has 5 nitrogen and oxygen atoms in total. The van der Waals surface area contributed by atoms with Crippen LogP contribution in [-0.2, 0) is 14.3 Å². The van der Waals surface area contributed by atoms with E-state index in [4.69, 9.17) is 16.3 Å². The maximum absolute atomic E-state index is 13.7. The monoisotopic (exact) mass is 471 g/mol. The molecule has 1 aliphatic heterocycles. The highest BCUT2D eigenvalue weighted by molar-refractivity contribution is 6.30. The lowest BCUT2D eigenvalue weighted by Gasteiger charge is -2.49. The van der Waals surface area contributed by atoms with E-state index in [-0.39, 0.29) is 28.1 Å². The quantitative estimate of drug-likeness (QED) is 0.552. The largest absolute Gasteiger partial charge is 0.508 e. The predicted molar refractivity (Wildman–Crippen MR) is 129 cm³/mol. The highest BCUT2D eigenvalue weighted by Crippen LogP contribution is 2.55. The molecule has 178 valence electrons. The number of methoxy groups -OCH3 is 1. The van der Waals surface area contributed by atoms with Gasteiger partial charge in [-0.25, -0.2) is 0 Å². The lowest BCUT2D eigenvalue weighted by molar-refractivity contribution is -0.119. The Hall–Kier alpha value is -2.11. The molecule has 1 N–H and O–H groups in total. The lowest BCUT2D eigenvalue weighted by Crippen LogP contribution is -2.44. The van der Waals surface area contributed by atoms with Crippen LogP contribution in [0.2, 0.25) is 5.02 Å². The molecule has 0 unspecified atom stereocenters. The first kappa shape index (κ1) is 24.0. The molecule has 0 saturated heterocycles. The standard InChI is InChI=1S/C27H34ClNO4/c1-26(2)12-18-24(21(31)14-26)23(17-11-16(28)7-8-20(17)30)25-19(29(18)9-6-10-33-5)13-27(3,4)15-22(25)32/h7-8,11,23,30H,6,9-10,12-15H2,1-5H3. The van der Waals surface area contributed by atoms with Crippen molar-refractivity contribution in [3.05, 3.63) is 51.3 Å². The van der Waals surface area contributed by atoms with Crippen molar-refractivity contribution in [2.45, 2.75) is 65.7 Å². The fraction of sp³-hybridized carbons (Fsp3) is 0.556. The van der Waals surface area contributed by atoms with Gasteiger partial charge in [0.15, 0.2) is 11.6 Å². The van der Waals surface area contributed by atoms with Gasteiger partial charge in [-0.1, -0.05) is 39.3 Å². The van der Waals surface area contributed by atoms with Crippen LogP contribution in [0.5, 0.6) is 5.75 Å². The second-order valence-electron chi connectivity index (χ2n) is 11.2. The smallest absolute Gasteiger partial charge is 0.162 e. The molecule has 0 bridgehead atoms. The highest BCUT2D eigenvalue weighted by Gasteiger charge is 2.49. The Morgan fingerprint density at radius 2 is 1.55 bits per heavy atom. The van der Waals surface area contributed by atoms with Gasteiger partial charge < -0.3 is 14.7 Å². The minimum Gasteiger partial charge on any atom is -0.508 e. The zero-order valence-electron chi connectivity index (χ0n) is 20.3. The molecular weight excluding hydrogens is 438 g/mol. The summed E-state index contributed by atoms with van der Waals surface area (Å²) in [4.78, 5) is 29.5. The number of allylic oxidation sites excluding steroid dienone is 4. The Morgan fingerprint density at radius 1 is 1.00 bits per heavy atom. The number of benzene rings is 1. The van der Waals surface area contributed by atoms with Crippen LogP contribution in [0.1, 0.15) is 71.3 Å². The summed E-state index contributed by atoms with van der Waals surface area (Å²) in [7, 11) is 1.68. The summed E-state index contributed by atoms with van der Waals surface area (Å²) in [6, 6.07) is 4.89. The normalized spacial score (nSPS) is 22.5. The maximum atomic E-state index is 13.7. The Labute approximate surface area is 201 Å². The van der Waals surface area contributed by atoms with Crippen LogP contribution in [0.4, 0.5) is 0 Å². The van der Waals surface area contributed by atoms with Crippen molar-refractivity contribution < 1.29 is 19.4 Å². The lowest BCUT2D eigenvalue weighted by atomic mass is 9.63. The topological polar surface area (TPSA) is 66.8 Å². The molecule has 1 heterocycles. The number of carbonyl (C=O) groups excluding carboxylic acids is 2. The highest BCUT2D eigenvalue weighted by atomic mass is 35.5. The van der Waals surface area contributed by atoms with Crippen molar-refractivity contribution in [1.29, 1.82) is 0 Å². The van der Waals surface area contributed by atoms with Crippen LogP contribution in [0.15, 0.2) is 40.7 Å². The molecule has 0 saturated carbocycles. The van der Waals surface area contributed by atoms with Crippen molar-refractivity contribution in [1.82, 2.24) is 4.90 Å². The van der Waals surface area contributed by atoms with Crippen molar-refractivity contribution >= 4 is 23.2 Å². The second kappa shape index (κ2) is 8.59. The van der Waals surface area contributed by atoms with E-state index in [9.17, 15) is 14.7 Å². The van der Waals surface area contributed by atoms with Crippen molar-refractivity contribution in [2.75, 3.05) is 20.3 Å². The Morgan fingerprint density at radius 3 is 2.06 bits per heavy atom. The van der Waals surface area contributed by atoms with E-state index in [0.717, 1.165) is 30.7 Å². The third-order valence-electron chi connectivity index (χ3n) is 7.05. The molecule has 4 rings (SSSR count). The average molecular weight is 472 g/mol. The van der Waals surface area contributed by atoms with Gasteiger partial charge >= 0.3 is 0 Å². The number of ether oxygens (including phenoxy) is 1. The molecule has 6 heteroatoms. The van der Waals surface area contributed by atoms with E-state index in [1.807, 2.05) is 0 Å². The van der Waals surface area contributed by atoms with Crippen molar-refractivity contribution in [3.8, 4) is 5.75 Å². The van der Waals surface area contributed by atoms with Crippen molar-refractivity contribution in [3.63, 3.8) is 0 Å². The van der Waals surface area contributed by atoms with Crippen LogP contribution in [-0.4, -0.2) is 41.8 Å². The Bertz CT molecular complexity index is 1010. The molecule has 1 aromatic rings. The number of hydrogen-bond acceptors (Lipinski definition) is 5. The van der Waals surface area contributed by atoms with Gasteiger partial charge in [0.2, 0.25) is 0 Å². The number of carbonyl (C=O) groups is 2. The molecular formula is C27H34ClNO4. The molecule has 0 aromatic heterocycles. The minimum absolute atomic E-state index is 0.0477. The summed E-state index contributed by atoms with van der Waals surface area (Å²) in [5.74, 6) is -0.427. The first-order valence-corrected chi connectivity index (χ1v) is 12.1. The summed E-state index contributed by atoms with van der Waals surface area (Å²) < 4.78 is 5.31. The van der Waals surface area contributed by atoms with E-state index in [1.165, 1.54) is 0 Å². The zero-order valence-corrected chi connectivity index (χ0v) is 21.0. The maximum Gasteiger partial charge on any atom is 0.162 e. The Kier molecular flexibility index (Phi) is 6.25. The van der Waals surface area contributed by atoms with E-state index in [2.05, 4.69) is 32.6 Å². The van der Waals surface area contributed by atoms with Crippen LogP contribution in [0.25, 0.3) is 0 Å². The second-order valence-corrected chi connectivity index (χ2v) is 11.7. The number of aromatic hydroxyl groups is 1. The fourth-order valence-electron chi connectivity index (χ4n) is 5.75. The number of Topliss-reactive ketones (excluding diaryl/α,β-unsaturated/α-hetero) is 2. The van der Waals surface area contributed by atoms with Gasteiger partial charge in [0.05, 0.1) is 0 Å². The molecule has 0 radical (unpaired) electrons. The molecule has 1 aromatic carbocycles. The number of hydrogen-bond donors (Lipinski definition) is 1. The van der Waals surface area contributed by atoms with Gasteiger partial charge in [-0.3, -0.25) is 9.59 Å². The van der Waals surface area contributed by atoms with Crippen LogP contribution < -0.4 is 0 Å². The van der Waals surface area contributed by atoms with Crippen LogP contribution >= 0.6 is 11.6 Å². The summed E-state index contributed by atoms with van der Waals surface area (Å²) in [6.07, 6.45) is 3.10. The molecule has 0 spiro atoms. The molecule has 2 aliphatic carbocycles. The summed E-state index contributed by atoms with van der Waals surface area (Å²) in [5.41, 5.74) is 3.46. The van der Waals surface area contributed by atoms with E-state index < -0.39 is 5.92 Å². The number of ketones is 2.